The molecule has 0 aromatic heterocycles. The van der Waals surface area contributed by atoms with Gasteiger partial charge in [0.1, 0.15) is 6.07 Å². The minimum Gasteiger partial charge on any atom is -0.449 e. The van der Waals surface area contributed by atoms with Gasteiger partial charge < -0.3 is 10.1 Å². The average Bonchev–Trinajstić information content (AvgIpc) is 2.58. The van der Waals surface area contributed by atoms with Gasteiger partial charge >= 0.3 is 5.97 Å². The number of esters is 1. The molecular formula is C17H11ClF2N2O3. The standard InChI is InChI=1S/C17H11ClF2N2O3/c1-9(16(23)22-15-5-3-2-4-10(15)8-21)25-17(24)11-6-13(19)14(20)7-12(11)18/h2-7,9H,1H3,(H,22,23)/t9-/m0/s1. The summed E-state index contributed by atoms with van der Waals surface area (Å²) in [5.74, 6) is -4.26. The van der Waals surface area contributed by atoms with Crippen LogP contribution in [0.4, 0.5) is 14.5 Å². The first-order valence-electron chi connectivity index (χ1n) is 6.99. The molecule has 0 aliphatic rings. The van der Waals surface area contributed by atoms with Crippen molar-refractivity contribution in [3.05, 3.63) is 64.2 Å². The SMILES string of the molecule is C[C@H](OC(=O)c1cc(F)c(F)cc1Cl)C(=O)Nc1ccccc1C#N. The Kier molecular flexibility index (Phi) is 5.67. The molecule has 0 unspecified atom stereocenters. The van der Waals surface area contributed by atoms with Gasteiger partial charge in [0, 0.05) is 0 Å². The minimum absolute atomic E-state index is 0.234. The van der Waals surface area contributed by atoms with Crippen LogP contribution in [0.1, 0.15) is 22.8 Å². The number of carbonyl (C=O) groups is 2. The van der Waals surface area contributed by atoms with Crippen LogP contribution in [0, 0.1) is 23.0 Å². The van der Waals surface area contributed by atoms with Crippen molar-refractivity contribution in [1.82, 2.24) is 0 Å². The van der Waals surface area contributed by atoms with E-state index in [2.05, 4.69) is 5.32 Å². The number of nitrogens with one attached hydrogen (secondary N) is 1. The summed E-state index contributed by atoms with van der Waals surface area (Å²) in [6.07, 6.45) is -1.26. The van der Waals surface area contributed by atoms with E-state index in [4.69, 9.17) is 21.6 Å². The topological polar surface area (TPSA) is 79.2 Å². The molecule has 1 amide bonds. The molecule has 0 saturated carbocycles. The van der Waals surface area contributed by atoms with Gasteiger partial charge in [-0.05, 0) is 31.2 Å². The Balaban J connectivity index is 2.10. The van der Waals surface area contributed by atoms with Gasteiger partial charge in [-0.2, -0.15) is 5.26 Å². The highest BCUT2D eigenvalue weighted by molar-refractivity contribution is 6.33. The maximum Gasteiger partial charge on any atom is 0.340 e. The zero-order chi connectivity index (χ0) is 18.6. The fraction of sp³-hybridized carbons (Fsp3) is 0.118. The monoisotopic (exact) mass is 364 g/mol. The molecule has 0 saturated heterocycles. The number of carbonyl (C=O) groups excluding carboxylic acids is 2. The van der Waals surface area contributed by atoms with E-state index in [1.54, 1.807) is 12.1 Å². The van der Waals surface area contributed by atoms with Gasteiger partial charge in [-0.3, -0.25) is 4.79 Å². The van der Waals surface area contributed by atoms with E-state index in [0.717, 1.165) is 0 Å². The number of nitrogens with zero attached hydrogens (tertiary/aromatic N) is 1. The molecule has 8 heteroatoms. The van der Waals surface area contributed by atoms with Crippen LogP contribution < -0.4 is 5.32 Å². The van der Waals surface area contributed by atoms with Gasteiger partial charge in [0.2, 0.25) is 0 Å². The smallest absolute Gasteiger partial charge is 0.340 e. The van der Waals surface area contributed by atoms with E-state index >= 15 is 0 Å². The second kappa shape index (κ2) is 7.73. The van der Waals surface area contributed by atoms with Crippen molar-refractivity contribution in [3.63, 3.8) is 0 Å². The van der Waals surface area contributed by atoms with Crippen LogP contribution >= 0.6 is 11.6 Å². The van der Waals surface area contributed by atoms with Crippen LogP contribution in [0.5, 0.6) is 0 Å². The number of rotatable bonds is 4. The summed E-state index contributed by atoms with van der Waals surface area (Å²) in [5, 5.41) is 11.1. The van der Waals surface area contributed by atoms with Gasteiger partial charge in [0.15, 0.2) is 17.7 Å². The number of hydrogen-bond acceptors (Lipinski definition) is 4. The first-order valence-corrected chi connectivity index (χ1v) is 7.36. The number of nitriles is 1. The molecule has 0 heterocycles. The zero-order valence-electron chi connectivity index (χ0n) is 12.8. The molecule has 0 spiro atoms. The van der Waals surface area contributed by atoms with Crippen LogP contribution in [-0.4, -0.2) is 18.0 Å². The highest BCUT2D eigenvalue weighted by atomic mass is 35.5. The number of ether oxygens (including phenoxy) is 1. The van der Waals surface area contributed by atoms with Crippen LogP contribution in [0.25, 0.3) is 0 Å². The first-order chi connectivity index (χ1) is 11.8. The Hall–Kier alpha value is -2.98. The summed E-state index contributed by atoms with van der Waals surface area (Å²) < 4.78 is 31.2. The normalized spacial score (nSPS) is 11.3. The van der Waals surface area contributed by atoms with E-state index < -0.39 is 35.2 Å². The maximum absolute atomic E-state index is 13.2. The lowest BCUT2D eigenvalue weighted by Crippen LogP contribution is -2.30. The second-order valence-corrected chi connectivity index (χ2v) is 5.35. The highest BCUT2D eigenvalue weighted by Crippen LogP contribution is 2.21. The molecule has 25 heavy (non-hydrogen) atoms. The number of para-hydroxylation sites is 1. The van der Waals surface area contributed by atoms with Crippen molar-refractivity contribution in [2.45, 2.75) is 13.0 Å². The lowest BCUT2D eigenvalue weighted by Gasteiger charge is -2.14. The largest absolute Gasteiger partial charge is 0.449 e. The number of amides is 1. The van der Waals surface area contributed by atoms with Crippen LogP contribution in [0.3, 0.4) is 0 Å². The molecule has 2 rings (SSSR count). The third-order valence-corrected chi connectivity index (χ3v) is 3.50. The number of halogens is 3. The quantitative estimate of drug-likeness (QED) is 0.663. The van der Waals surface area contributed by atoms with Crippen molar-refractivity contribution in [1.29, 1.82) is 5.26 Å². The average molecular weight is 365 g/mol. The molecule has 5 nitrogen and oxygen atoms in total. The van der Waals surface area contributed by atoms with Gasteiger partial charge in [0.05, 0.1) is 21.8 Å². The van der Waals surface area contributed by atoms with Gasteiger partial charge in [0.25, 0.3) is 5.91 Å². The Bertz CT molecular complexity index is 881. The minimum atomic E-state index is -1.27. The molecular weight excluding hydrogens is 354 g/mol. The fourth-order valence-electron chi connectivity index (χ4n) is 1.88. The molecule has 0 radical (unpaired) electrons. The lowest BCUT2D eigenvalue weighted by atomic mass is 10.2. The van der Waals surface area contributed by atoms with Crippen molar-refractivity contribution >= 4 is 29.2 Å². The van der Waals surface area contributed by atoms with Gasteiger partial charge in [-0.15, -0.1) is 0 Å². The summed E-state index contributed by atoms with van der Waals surface area (Å²) in [5.41, 5.74) is 0.0828. The van der Waals surface area contributed by atoms with Crippen LogP contribution in [-0.2, 0) is 9.53 Å². The summed E-state index contributed by atoms with van der Waals surface area (Å²) in [4.78, 5) is 24.1. The molecule has 2 aromatic rings. The molecule has 0 aliphatic carbocycles. The molecule has 0 fully saturated rings. The zero-order valence-corrected chi connectivity index (χ0v) is 13.6. The van der Waals surface area contributed by atoms with Crippen molar-refractivity contribution in [2.75, 3.05) is 5.32 Å². The van der Waals surface area contributed by atoms with E-state index in [0.29, 0.717) is 12.1 Å². The second-order valence-electron chi connectivity index (χ2n) is 4.94. The van der Waals surface area contributed by atoms with E-state index in [1.807, 2.05) is 6.07 Å². The molecule has 0 aliphatic heterocycles. The molecule has 1 atom stereocenters. The first kappa shape index (κ1) is 18.4. The van der Waals surface area contributed by atoms with Gasteiger partial charge in [-0.25, -0.2) is 13.6 Å². The van der Waals surface area contributed by atoms with E-state index in [9.17, 15) is 18.4 Å². The predicted molar refractivity (Wildman–Crippen MR) is 86.0 cm³/mol. The summed E-state index contributed by atoms with van der Waals surface area (Å²) in [6, 6.07) is 9.41. The van der Waals surface area contributed by atoms with Crippen LogP contribution in [0.2, 0.25) is 5.02 Å². The van der Waals surface area contributed by atoms with Gasteiger partial charge in [-0.1, -0.05) is 23.7 Å². The Labute approximate surface area is 146 Å². The lowest BCUT2D eigenvalue weighted by molar-refractivity contribution is -0.123. The Morgan fingerprint density at radius 2 is 1.88 bits per heavy atom. The molecule has 0 bridgehead atoms. The number of benzene rings is 2. The third-order valence-electron chi connectivity index (χ3n) is 3.19. The third kappa shape index (κ3) is 4.31. The molecule has 1 N–H and O–H groups in total. The predicted octanol–water partition coefficient (Wildman–Crippen LogP) is 3.67. The van der Waals surface area contributed by atoms with Crippen LogP contribution in [0.15, 0.2) is 36.4 Å². The van der Waals surface area contributed by atoms with Crippen molar-refractivity contribution in [3.8, 4) is 6.07 Å². The fourth-order valence-corrected chi connectivity index (χ4v) is 2.11. The Morgan fingerprint density at radius 3 is 2.56 bits per heavy atom. The number of hydrogen-bond donors (Lipinski definition) is 1. The summed E-state index contributed by atoms with van der Waals surface area (Å²) in [6.45, 7) is 1.29. The summed E-state index contributed by atoms with van der Waals surface area (Å²) in [7, 11) is 0. The Morgan fingerprint density at radius 1 is 1.24 bits per heavy atom. The summed E-state index contributed by atoms with van der Waals surface area (Å²) >= 11 is 5.68. The van der Waals surface area contributed by atoms with Crippen molar-refractivity contribution in [2.24, 2.45) is 0 Å². The van der Waals surface area contributed by atoms with E-state index in [-0.39, 0.29) is 16.3 Å². The van der Waals surface area contributed by atoms with Crippen molar-refractivity contribution < 1.29 is 23.1 Å². The highest BCUT2D eigenvalue weighted by Gasteiger charge is 2.22. The maximum atomic E-state index is 13.2. The number of anilines is 1. The van der Waals surface area contributed by atoms with E-state index in [1.165, 1.54) is 19.1 Å². The molecule has 2 aromatic carbocycles. The molecule has 128 valence electrons.